The highest BCUT2D eigenvalue weighted by Gasteiger charge is 2.28. The van der Waals surface area contributed by atoms with E-state index in [1.165, 1.54) is 6.07 Å². The highest BCUT2D eigenvalue weighted by Crippen LogP contribution is 2.34. The number of nitrogens with zero attached hydrogens (tertiary/aromatic N) is 3. The lowest BCUT2D eigenvalue weighted by atomic mass is 10.1. The molecule has 1 atom stereocenters. The van der Waals surface area contributed by atoms with Crippen LogP contribution >= 0.6 is 0 Å². The first-order valence-electron chi connectivity index (χ1n) is 12.8. The van der Waals surface area contributed by atoms with Crippen molar-refractivity contribution in [1.82, 2.24) is 14.7 Å². The summed E-state index contributed by atoms with van der Waals surface area (Å²) in [4.78, 5) is 15.4. The predicted molar refractivity (Wildman–Crippen MR) is 140 cm³/mol. The molecule has 1 fully saturated rings. The van der Waals surface area contributed by atoms with Gasteiger partial charge >= 0.3 is 0 Å². The van der Waals surface area contributed by atoms with E-state index in [4.69, 9.17) is 14.6 Å². The van der Waals surface area contributed by atoms with Gasteiger partial charge in [0.2, 0.25) is 5.88 Å². The third-order valence-corrected chi connectivity index (χ3v) is 6.56. The van der Waals surface area contributed by atoms with E-state index >= 15 is 0 Å². The third-order valence-electron chi connectivity index (χ3n) is 6.56. The molecule has 0 spiro atoms. The van der Waals surface area contributed by atoms with Gasteiger partial charge in [-0.05, 0) is 55.7 Å². The first kappa shape index (κ1) is 25.6. The van der Waals surface area contributed by atoms with Crippen molar-refractivity contribution in [3.63, 3.8) is 0 Å². The molecule has 1 saturated heterocycles. The maximum Gasteiger partial charge on any atom is 0.254 e. The molecule has 0 bridgehead atoms. The Balaban J connectivity index is 1.59. The predicted octanol–water partition coefficient (Wildman–Crippen LogP) is 6.33. The van der Waals surface area contributed by atoms with Crippen LogP contribution in [-0.4, -0.2) is 39.8 Å². The van der Waals surface area contributed by atoms with Crippen LogP contribution in [0, 0.1) is 11.6 Å². The SMILES string of the molecule is CCc1nn(-c2ccccc2)c(Oc2ccc(F)cc2F)c1CN(C[C@@H]1CCCO1)C(=O)c1ccccc1. The number of carbonyl (C=O) groups excluding carboxylic acids is 1. The fraction of sp³-hybridized carbons (Fsp3) is 0.267. The van der Waals surface area contributed by atoms with Crippen LogP contribution in [0.3, 0.4) is 0 Å². The standard InChI is InChI=1S/C30H29F2N3O3/c1-2-27-25(20-34(19-24-14-9-17-37-24)29(36)21-10-5-3-6-11-21)30(35(33-27)23-12-7-4-8-13-23)38-28-16-15-22(31)18-26(28)32/h3-8,10-13,15-16,18,24H,2,9,14,17,19-20H2,1H3/t24-/m0/s1. The van der Waals surface area contributed by atoms with E-state index in [-0.39, 0.29) is 30.2 Å². The summed E-state index contributed by atoms with van der Waals surface area (Å²) in [5, 5.41) is 4.79. The molecule has 2 heterocycles. The van der Waals surface area contributed by atoms with E-state index in [2.05, 4.69) is 0 Å². The molecule has 0 N–H and O–H groups in total. The zero-order valence-electron chi connectivity index (χ0n) is 21.1. The molecule has 38 heavy (non-hydrogen) atoms. The molecule has 8 heteroatoms. The molecule has 1 aliphatic heterocycles. The largest absolute Gasteiger partial charge is 0.435 e. The highest BCUT2D eigenvalue weighted by molar-refractivity contribution is 5.94. The molecule has 0 unspecified atom stereocenters. The van der Waals surface area contributed by atoms with Crippen LogP contribution < -0.4 is 4.74 Å². The van der Waals surface area contributed by atoms with E-state index in [1.807, 2.05) is 55.5 Å². The van der Waals surface area contributed by atoms with Gasteiger partial charge in [0.25, 0.3) is 5.91 Å². The van der Waals surface area contributed by atoms with Crippen molar-refractivity contribution in [2.45, 2.75) is 38.8 Å². The van der Waals surface area contributed by atoms with E-state index in [0.717, 1.165) is 25.0 Å². The number of hydrogen-bond acceptors (Lipinski definition) is 4. The number of ether oxygens (including phenoxy) is 2. The second kappa shape index (κ2) is 11.6. The zero-order valence-corrected chi connectivity index (χ0v) is 21.1. The molecular formula is C30H29F2N3O3. The number of aryl methyl sites for hydroxylation is 1. The summed E-state index contributed by atoms with van der Waals surface area (Å²) >= 11 is 0. The fourth-order valence-electron chi connectivity index (χ4n) is 4.64. The lowest BCUT2D eigenvalue weighted by molar-refractivity contribution is 0.0505. The van der Waals surface area contributed by atoms with E-state index in [1.54, 1.807) is 21.7 Å². The van der Waals surface area contributed by atoms with Crippen LogP contribution in [0.25, 0.3) is 5.69 Å². The number of rotatable bonds is 9. The van der Waals surface area contributed by atoms with Gasteiger partial charge in [0.15, 0.2) is 11.6 Å². The Bertz CT molecular complexity index is 1390. The summed E-state index contributed by atoms with van der Waals surface area (Å²) in [6, 6.07) is 21.6. The molecule has 1 aromatic heterocycles. The minimum absolute atomic E-state index is 0.0733. The summed E-state index contributed by atoms with van der Waals surface area (Å²) in [7, 11) is 0. The number of amides is 1. The van der Waals surface area contributed by atoms with E-state index in [0.29, 0.717) is 42.1 Å². The van der Waals surface area contributed by atoms with E-state index in [9.17, 15) is 13.6 Å². The van der Waals surface area contributed by atoms with Gasteiger partial charge in [0.05, 0.1) is 29.6 Å². The second-order valence-electron chi connectivity index (χ2n) is 9.19. The minimum atomic E-state index is -0.827. The van der Waals surface area contributed by atoms with Gasteiger partial charge in [0.1, 0.15) is 5.82 Å². The zero-order chi connectivity index (χ0) is 26.5. The first-order chi connectivity index (χ1) is 18.5. The van der Waals surface area contributed by atoms with Crippen molar-refractivity contribution in [2.24, 2.45) is 0 Å². The number of halogens is 2. The molecule has 1 aliphatic rings. The van der Waals surface area contributed by atoms with Crippen molar-refractivity contribution in [1.29, 1.82) is 0 Å². The molecule has 5 rings (SSSR count). The Kier molecular flexibility index (Phi) is 7.79. The van der Waals surface area contributed by atoms with Crippen molar-refractivity contribution in [2.75, 3.05) is 13.2 Å². The molecule has 4 aromatic rings. The molecule has 3 aromatic carbocycles. The molecule has 0 radical (unpaired) electrons. The van der Waals surface area contributed by atoms with Crippen LogP contribution in [0.5, 0.6) is 11.6 Å². The van der Waals surface area contributed by atoms with Gasteiger partial charge in [-0.2, -0.15) is 5.10 Å². The topological polar surface area (TPSA) is 56.6 Å². The average molecular weight is 518 g/mol. The molecular weight excluding hydrogens is 488 g/mol. The van der Waals surface area contributed by atoms with Crippen LogP contribution in [0.1, 0.15) is 41.4 Å². The van der Waals surface area contributed by atoms with Crippen molar-refractivity contribution in [3.05, 3.63) is 107 Å². The number of hydrogen-bond donors (Lipinski definition) is 0. The number of benzene rings is 3. The maximum atomic E-state index is 14.7. The Labute approximate surface area is 220 Å². The van der Waals surface area contributed by atoms with Gasteiger partial charge in [-0.25, -0.2) is 13.5 Å². The number of para-hydroxylation sites is 1. The fourth-order valence-corrected chi connectivity index (χ4v) is 4.64. The normalized spacial score (nSPS) is 15.0. The van der Waals surface area contributed by atoms with Crippen molar-refractivity contribution >= 4 is 5.91 Å². The van der Waals surface area contributed by atoms with Crippen LogP contribution in [0.2, 0.25) is 0 Å². The molecule has 0 aliphatic carbocycles. The van der Waals surface area contributed by atoms with Crippen LogP contribution in [0.15, 0.2) is 78.9 Å². The Morgan fingerprint density at radius 1 is 1.08 bits per heavy atom. The Hall–Kier alpha value is -4.04. The summed E-state index contributed by atoms with van der Waals surface area (Å²) in [6.45, 7) is 3.22. The first-order valence-corrected chi connectivity index (χ1v) is 12.8. The maximum absolute atomic E-state index is 14.7. The Morgan fingerprint density at radius 3 is 2.47 bits per heavy atom. The third kappa shape index (κ3) is 5.60. The smallest absolute Gasteiger partial charge is 0.254 e. The summed E-state index contributed by atoms with van der Waals surface area (Å²) < 4.78 is 41.9. The van der Waals surface area contributed by atoms with Gasteiger partial charge < -0.3 is 14.4 Å². The van der Waals surface area contributed by atoms with E-state index < -0.39 is 11.6 Å². The van der Waals surface area contributed by atoms with Gasteiger partial charge in [-0.3, -0.25) is 4.79 Å². The van der Waals surface area contributed by atoms with Gasteiger partial charge in [-0.15, -0.1) is 0 Å². The van der Waals surface area contributed by atoms with Crippen molar-refractivity contribution in [3.8, 4) is 17.3 Å². The second-order valence-corrected chi connectivity index (χ2v) is 9.19. The summed E-state index contributed by atoms with van der Waals surface area (Å²) in [6.07, 6.45) is 2.30. The molecule has 1 amide bonds. The number of aromatic nitrogens is 2. The number of carbonyl (C=O) groups is 1. The average Bonchev–Trinajstić information content (AvgIpc) is 3.58. The lowest BCUT2D eigenvalue weighted by Crippen LogP contribution is -2.37. The van der Waals surface area contributed by atoms with Crippen molar-refractivity contribution < 1.29 is 23.0 Å². The lowest BCUT2D eigenvalue weighted by Gasteiger charge is -2.26. The molecule has 0 saturated carbocycles. The van der Waals surface area contributed by atoms with Crippen LogP contribution in [-0.2, 0) is 17.7 Å². The Morgan fingerprint density at radius 2 is 1.82 bits per heavy atom. The molecule has 6 nitrogen and oxygen atoms in total. The molecule has 196 valence electrons. The summed E-state index contributed by atoms with van der Waals surface area (Å²) in [5.41, 5.74) is 2.64. The van der Waals surface area contributed by atoms with Crippen LogP contribution in [0.4, 0.5) is 8.78 Å². The quantitative estimate of drug-likeness (QED) is 0.261. The highest BCUT2D eigenvalue weighted by atomic mass is 19.1. The minimum Gasteiger partial charge on any atom is -0.435 e. The van der Waals surface area contributed by atoms with Gasteiger partial charge in [-0.1, -0.05) is 43.3 Å². The van der Waals surface area contributed by atoms with Gasteiger partial charge in [0, 0.05) is 24.8 Å². The monoisotopic (exact) mass is 517 g/mol. The summed E-state index contributed by atoms with van der Waals surface area (Å²) in [5.74, 6) is -1.53.